The third-order valence-electron chi connectivity index (χ3n) is 4.31. The van der Waals surface area contributed by atoms with Crippen molar-refractivity contribution in [2.45, 2.75) is 19.4 Å². The summed E-state index contributed by atoms with van der Waals surface area (Å²) in [6, 6.07) is 16.7. The van der Waals surface area contributed by atoms with Gasteiger partial charge in [0.1, 0.15) is 0 Å². The van der Waals surface area contributed by atoms with Gasteiger partial charge in [-0.3, -0.25) is 4.90 Å². The van der Waals surface area contributed by atoms with Gasteiger partial charge in [0.15, 0.2) is 0 Å². The topological polar surface area (TPSA) is 3.24 Å². The molecule has 0 aliphatic carbocycles. The Kier molecular flexibility index (Phi) is 4.54. The molecule has 1 aliphatic heterocycles. The second-order valence-corrected chi connectivity index (χ2v) is 6.75. The van der Waals surface area contributed by atoms with Crippen LogP contribution in [0.15, 0.2) is 48.5 Å². The van der Waals surface area contributed by atoms with E-state index in [2.05, 4.69) is 48.2 Å². The quantitative estimate of drug-likeness (QED) is 0.748. The molecule has 3 heteroatoms. The molecule has 0 amide bonds. The van der Waals surface area contributed by atoms with Crippen LogP contribution in [0.1, 0.15) is 24.0 Å². The van der Waals surface area contributed by atoms with Gasteiger partial charge in [0.25, 0.3) is 0 Å². The molecular weight excluding hydrogens is 301 g/mol. The standard InChI is InChI=1S/C18H19Cl2N/c1-13-10-21(11-14-5-3-2-4-6-14)12-16(13)15-7-8-17(19)18(20)9-15/h2-9,13,16H,10-12H2,1H3/t13-,16+/m0/s1. The normalized spacial score (nSPS) is 22.6. The average molecular weight is 320 g/mol. The number of hydrogen-bond acceptors (Lipinski definition) is 1. The summed E-state index contributed by atoms with van der Waals surface area (Å²) in [5, 5.41) is 1.29. The minimum absolute atomic E-state index is 0.531. The highest BCUT2D eigenvalue weighted by molar-refractivity contribution is 6.42. The molecule has 0 N–H and O–H groups in total. The summed E-state index contributed by atoms with van der Waals surface area (Å²) in [6.45, 7) is 5.54. The summed E-state index contributed by atoms with van der Waals surface area (Å²) in [6.07, 6.45) is 0. The molecule has 0 aromatic heterocycles. The fraction of sp³-hybridized carbons (Fsp3) is 0.333. The van der Waals surface area contributed by atoms with E-state index in [1.165, 1.54) is 11.1 Å². The van der Waals surface area contributed by atoms with Crippen molar-refractivity contribution in [3.63, 3.8) is 0 Å². The molecule has 1 saturated heterocycles. The van der Waals surface area contributed by atoms with E-state index in [0.29, 0.717) is 21.9 Å². The number of hydrogen-bond donors (Lipinski definition) is 0. The van der Waals surface area contributed by atoms with Gasteiger partial charge in [0.2, 0.25) is 0 Å². The Morgan fingerprint density at radius 1 is 1.00 bits per heavy atom. The van der Waals surface area contributed by atoms with Crippen LogP contribution in [0.25, 0.3) is 0 Å². The van der Waals surface area contributed by atoms with Crippen LogP contribution in [0.4, 0.5) is 0 Å². The fourth-order valence-corrected chi connectivity index (χ4v) is 3.52. The molecule has 2 aromatic carbocycles. The van der Waals surface area contributed by atoms with E-state index in [1.54, 1.807) is 0 Å². The first-order valence-corrected chi connectivity index (χ1v) is 8.10. The number of benzene rings is 2. The SMILES string of the molecule is C[C@H]1CN(Cc2ccccc2)C[C@H]1c1ccc(Cl)c(Cl)c1. The molecule has 1 fully saturated rings. The van der Waals surface area contributed by atoms with Crippen LogP contribution in [0.5, 0.6) is 0 Å². The zero-order chi connectivity index (χ0) is 14.8. The molecule has 2 aromatic rings. The zero-order valence-corrected chi connectivity index (χ0v) is 13.6. The van der Waals surface area contributed by atoms with Gasteiger partial charge < -0.3 is 0 Å². The van der Waals surface area contributed by atoms with Crippen LogP contribution in [0.3, 0.4) is 0 Å². The van der Waals surface area contributed by atoms with Crippen LogP contribution < -0.4 is 0 Å². The van der Waals surface area contributed by atoms with Crippen molar-refractivity contribution in [1.82, 2.24) is 4.90 Å². The first-order valence-electron chi connectivity index (χ1n) is 7.34. The Morgan fingerprint density at radius 2 is 1.76 bits per heavy atom. The van der Waals surface area contributed by atoms with E-state index < -0.39 is 0 Å². The molecule has 2 atom stereocenters. The number of nitrogens with zero attached hydrogens (tertiary/aromatic N) is 1. The van der Waals surface area contributed by atoms with E-state index in [1.807, 2.05) is 12.1 Å². The first-order chi connectivity index (χ1) is 10.1. The van der Waals surface area contributed by atoms with Crippen LogP contribution in [-0.4, -0.2) is 18.0 Å². The molecule has 21 heavy (non-hydrogen) atoms. The molecule has 0 radical (unpaired) electrons. The van der Waals surface area contributed by atoms with Gasteiger partial charge in [-0.25, -0.2) is 0 Å². The molecular formula is C18H19Cl2N. The molecule has 0 spiro atoms. The van der Waals surface area contributed by atoms with E-state index in [-0.39, 0.29) is 0 Å². The van der Waals surface area contributed by atoms with Gasteiger partial charge in [-0.15, -0.1) is 0 Å². The maximum absolute atomic E-state index is 6.16. The van der Waals surface area contributed by atoms with Crippen molar-refractivity contribution in [1.29, 1.82) is 0 Å². The Labute approximate surface area is 136 Å². The maximum Gasteiger partial charge on any atom is 0.0595 e. The highest BCUT2D eigenvalue weighted by Crippen LogP contribution is 2.35. The number of rotatable bonds is 3. The lowest BCUT2D eigenvalue weighted by Crippen LogP contribution is -2.20. The van der Waals surface area contributed by atoms with Crippen molar-refractivity contribution in [3.05, 3.63) is 69.7 Å². The Balaban J connectivity index is 1.72. The fourth-order valence-electron chi connectivity index (χ4n) is 3.21. The van der Waals surface area contributed by atoms with Crippen molar-refractivity contribution < 1.29 is 0 Å². The highest BCUT2D eigenvalue weighted by Gasteiger charge is 2.30. The minimum Gasteiger partial charge on any atom is -0.298 e. The molecule has 110 valence electrons. The van der Waals surface area contributed by atoms with Gasteiger partial charge in [-0.2, -0.15) is 0 Å². The van der Waals surface area contributed by atoms with E-state index >= 15 is 0 Å². The lowest BCUT2D eigenvalue weighted by atomic mass is 9.90. The minimum atomic E-state index is 0.531. The smallest absolute Gasteiger partial charge is 0.0595 e. The van der Waals surface area contributed by atoms with Crippen molar-refractivity contribution in [3.8, 4) is 0 Å². The van der Waals surface area contributed by atoms with Crippen molar-refractivity contribution in [2.75, 3.05) is 13.1 Å². The van der Waals surface area contributed by atoms with Crippen LogP contribution >= 0.6 is 23.2 Å². The summed E-state index contributed by atoms with van der Waals surface area (Å²) in [4.78, 5) is 2.52. The molecule has 3 rings (SSSR count). The Bertz CT molecular complexity index is 612. The summed E-state index contributed by atoms with van der Waals surface area (Å²) in [5.74, 6) is 1.16. The third kappa shape index (κ3) is 3.42. The second-order valence-electron chi connectivity index (χ2n) is 5.94. The van der Waals surface area contributed by atoms with Crippen molar-refractivity contribution in [2.24, 2.45) is 5.92 Å². The third-order valence-corrected chi connectivity index (χ3v) is 5.05. The summed E-state index contributed by atoms with van der Waals surface area (Å²) in [5.41, 5.74) is 2.67. The number of likely N-dealkylation sites (tertiary alicyclic amines) is 1. The second kappa shape index (κ2) is 6.39. The zero-order valence-electron chi connectivity index (χ0n) is 12.1. The molecule has 0 bridgehead atoms. The maximum atomic E-state index is 6.16. The average Bonchev–Trinajstić information content (AvgIpc) is 2.84. The van der Waals surface area contributed by atoms with E-state index in [4.69, 9.17) is 23.2 Å². The molecule has 1 nitrogen and oxygen atoms in total. The first kappa shape index (κ1) is 14.9. The lowest BCUT2D eigenvalue weighted by Gasteiger charge is -2.17. The molecule has 1 aliphatic rings. The predicted octanol–water partition coefficient (Wildman–Crippen LogP) is 5.23. The summed E-state index contributed by atoms with van der Waals surface area (Å²) < 4.78 is 0. The number of halogens is 2. The molecule has 0 saturated carbocycles. The molecule has 1 heterocycles. The van der Waals surface area contributed by atoms with Gasteiger partial charge in [-0.1, -0.05) is 66.5 Å². The predicted molar refractivity (Wildman–Crippen MR) is 90.1 cm³/mol. The van der Waals surface area contributed by atoms with Gasteiger partial charge >= 0.3 is 0 Å². The lowest BCUT2D eigenvalue weighted by molar-refractivity contribution is 0.319. The largest absolute Gasteiger partial charge is 0.298 e. The summed E-state index contributed by atoms with van der Waals surface area (Å²) >= 11 is 12.2. The van der Waals surface area contributed by atoms with Crippen LogP contribution in [0.2, 0.25) is 10.0 Å². The van der Waals surface area contributed by atoms with Crippen molar-refractivity contribution >= 4 is 23.2 Å². The van der Waals surface area contributed by atoms with Gasteiger partial charge in [-0.05, 0) is 29.2 Å². The Morgan fingerprint density at radius 3 is 2.48 bits per heavy atom. The van der Waals surface area contributed by atoms with E-state index in [0.717, 1.165) is 19.6 Å². The monoisotopic (exact) mass is 319 g/mol. The summed E-state index contributed by atoms with van der Waals surface area (Å²) in [7, 11) is 0. The van der Waals surface area contributed by atoms with Crippen LogP contribution in [0, 0.1) is 5.92 Å². The van der Waals surface area contributed by atoms with Gasteiger partial charge in [0.05, 0.1) is 10.0 Å². The molecule has 0 unspecified atom stereocenters. The van der Waals surface area contributed by atoms with Gasteiger partial charge in [0, 0.05) is 25.6 Å². The van der Waals surface area contributed by atoms with Crippen LogP contribution in [-0.2, 0) is 6.54 Å². The Hall–Kier alpha value is -1.02. The highest BCUT2D eigenvalue weighted by atomic mass is 35.5. The van der Waals surface area contributed by atoms with E-state index in [9.17, 15) is 0 Å².